The van der Waals surface area contributed by atoms with E-state index in [4.69, 9.17) is 10.5 Å². The molecule has 0 aromatic heterocycles. The van der Waals surface area contributed by atoms with Gasteiger partial charge in [0.1, 0.15) is 17.4 Å². The quantitative estimate of drug-likeness (QED) is 0.833. The fraction of sp³-hybridized carbons (Fsp3) is 0.429. The first-order chi connectivity index (χ1) is 13.1. The molecule has 0 bridgehead atoms. The summed E-state index contributed by atoms with van der Waals surface area (Å²) in [5.41, 5.74) is 7.44. The average Bonchev–Trinajstić information content (AvgIpc) is 2.67. The van der Waals surface area contributed by atoms with E-state index in [2.05, 4.69) is 9.80 Å². The molecule has 2 aromatic rings. The van der Waals surface area contributed by atoms with E-state index in [9.17, 15) is 8.78 Å². The first kappa shape index (κ1) is 18.0. The summed E-state index contributed by atoms with van der Waals surface area (Å²) in [5.74, 6) is 0.656. The second-order valence-electron chi connectivity index (χ2n) is 7.51. The van der Waals surface area contributed by atoms with Crippen LogP contribution in [0.15, 0.2) is 42.5 Å². The first-order valence-corrected chi connectivity index (χ1v) is 9.51. The van der Waals surface area contributed by atoms with Gasteiger partial charge in [0, 0.05) is 38.1 Å². The predicted octanol–water partition coefficient (Wildman–Crippen LogP) is 3.53. The summed E-state index contributed by atoms with van der Waals surface area (Å²) in [4.78, 5) is 4.80. The lowest BCUT2D eigenvalue weighted by Gasteiger charge is -2.47. The standard InChI is InChI=1S/C21H25F2N3O/c22-16-2-6-19(7-3-16)27-14-15-1-5-18-13-26(10-9-25(18)12-15)21-8-4-17(23)11-20(21)24/h2-4,6-8,11,15,18H,1,5,9-10,12-14,24H2/t15-,18?/m1/s1. The Morgan fingerprint density at radius 2 is 1.74 bits per heavy atom. The van der Waals surface area contributed by atoms with Gasteiger partial charge in [0.15, 0.2) is 0 Å². The van der Waals surface area contributed by atoms with E-state index in [0.717, 1.165) is 50.5 Å². The average molecular weight is 373 g/mol. The lowest BCUT2D eigenvalue weighted by Crippen LogP contribution is -2.57. The van der Waals surface area contributed by atoms with Crippen molar-refractivity contribution in [3.8, 4) is 5.75 Å². The van der Waals surface area contributed by atoms with Crippen LogP contribution in [0, 0.1) is 17.6 Å². The molecule has 2 aliphatic heterocycles. The van der Waals surface area contributed by atoms with E-state index in [1.165, 1.54) is 24.3 Å². The molecule has 2 heterocycles. The Balaban J connectivity index is 1.31. The molecule has 0 spiro atoms. The van der Waals surface area contributed by atoms with Crippen molar-refractivity contribution in [2.45, 2.75) is 18.9 Å². The minimum atomic E-state index is -0.295. The SMILES string of the molecule is Nc1cc(F)ccc1N1CCN2C[C@H](COc3ccc(F)cc3)CCC2C1. The summed E-state index contributed by atoms with van der Waals surface area (Å²) >= 11 is 0. The number of piperidine rings is 1. The number of hydrogen-bond acceptors (Lipinski definition) is 4. The molecular weight excluding hydrogens is 348 g/mol. The summed E-state index contributed by atoms with van der Waals surface area (Å²) in [6.45, 7) is 4.44. The number of anilines is 2. The van der Waals surface area contributed by atoms with E-state index >= 15 is 0 Å². The van der Waals surface area contributed by atoms with Crippen LogP contribution in [-0.4, -0.2) is 43.7 Å². The topological polar surface area (TPSA) is 41.7 Å². The van der Waals surface area contributed by atoms with Crippen molar-refractivity contribution in [1.82, 2.24) is 4.90 Å². The smallest absolute Gasteiger partial charge is 0.125 e. The van der Waals surface area contributed by atoms with Gasteiger partial charge in [-0.25, -0.2) is 8.78 Å². The maximum absolute atomic E-state index is 13.3. The van der Waals surface area contributed by atoms with E-state index in [0.29, 0.717) is 24.3 Å². The van der Waals surface area contributed by atoms with Crippen molar-refractivity contribution >= 4 is 11.4 Å². The van der Waals surface area contributed by atoms with Crippen LogP contribution in [0.3, 0.4) is 0 Å². The van der Waals surface area contributed by atoms with E-state index in [-0.39, 0.29) is 11.6 Å². The van der Waals surface area contributed by atoms with Crippen molar-refractivity contribution in [3.05, 3.63) is 54.1 Å². The second kappa shape index (κ2) is 7.72. The van der Waals surface area contributed by atoms with Gasteiger partial charge in [0.2, 0.25) is 0 Å². The number of hydrogen-bond donors (Lipinski definition) is 1. The number of benzene rings is 2. The van der Waals surface area contributed by atoms with Crippen LogP contribution in [0.5, 0.6) is 5.75 Å². The van der Waals surface area contributed by atoms with Crippen molar-refractivity contribution < 1.29 is 13.5 Å². The Kier molecular flexibility index (Phi) is 5.16. The molecule has 2 N–H and O–H groups in total. The van der Waals surface area contributed by atoms with E-state index in [1.54, 1.807) is 18.2 Å². The van der Waals surface area contributed by atoms with Gasteiger partial charge >= 0.3 is 0 Å². The zero-order valence-electron chi connectivity index (χ0n) is 15.3. The number of piperazine rings is 1. The lowest BCUT2D eigenvalue weighted by atomic mass is 9.91. The van der Waals surface area contributed by atoms with Crippen LogP contribution in [0.4, 0.5) is 20.2 Å². The molecule has 4 nitrogen and oxygen atoms in total. The Bertz CT molecular complexity index is 783. The van der Waals surface area contributed by atoms with Crippen molar-refractivity contribution in [2.75, 3.05) is 43.4 Å². The molecule has 4 rings (SSSR count). The van der Waals surface area contributed by atoms with Crippen LogP contribution in [-0.2, 0) is 0 Å². The molecule has 0 radical (unpaired) electrons. The van der Waals surface area contributed by atoms with Crippen molar-refractivity contribution in [2.24, 2.45) is 5.92 Å². The van der Waals surface area contributed by atoms with Gasteiger partial charge in [-0.3, -0.25) is 4.90 Å². The highest BCUT2D eigenvalue weighted by Gasteiger charge is 2.33. The van der Waals surface area contributed by atoms with Crippen LogP contribution >= 0.6 is 0 Å². The number of rotatable bonds is 4. The van der Waals surface area contributed by atoms with Gasteiger partial charge in [-0.1, -0.05) is 0 Å². The van der Waals surface area contributed by atoms with Crippen molar-refractivity contribution in [3.63, 3.8) is 0 Å². The third-order valence-electron chi connectivity index (χ3n) is 5.64. The van der Waals surface area contributed by atoms with E-state index in [1.807, 2.05) is 0 Å². The number of nitrogen functional groups attached to an aromatic ring is 1. The van der Waals surface area contributed by atoms with Crippen LogP contribution in [0.1, 0.15) is 12.8 Å². The Morgan fingerprint density at radius 3 is 2.52 bits per heavy atom. The summed E-state index contributed by atoms with van der Waals surface area (Å²) < 4.78 is 32.1. The molecule has 0 aliphatic carbocycles. The molecular formula is C21H25F2N3O. The number of ether oxygens (including phenoxy) is 1. The summed E-state index contributed by atoms with van der Waals surface area (Å²) in [5, 5.41) is 0. The van der Waals surface area contributed by atoms with Gasteiger partial charge in [0.05, 0.1) is 18.0 Å². The maximum atomic E-state index is 13.3. The molecule has 2 saturated heterocycles. The molecule has 2 aromatic carbocycles. The fourth-order valence-electron chi connectivity index (χ4n) is 4.17. The molecule has 0 saturated carbocycles. The monoisotopic (exact) mass is 373 g/mol. The highest BCUT2D eigenvalue weighted by molar-refractivity contribution is 5.67. The van der Waals surface area contributed by atoms with Gasteiger partial charge in [-0.2, -0.15) is 0 Å². The minimum Gasteiger partial charge on any atom is -0.493 e. The molecule has 1 unspecified atom stereocenters. The number of fused-ring (bicyclic) bond motifs is 1. The maximum Gasteiger partial charge on any atom is 0.125 e. The lowest BCUT2D eigenvalue weighted by molar-refractivity contribution is 0.0730. The Morgan fingerprint density at radius 1 is 0.963 bits per heavy atom. The Labute approximate surface area is 158 Å². The first-order valence-electron chi connectivity index (χ1n) is 9.51. The number of nitrogens with two attached hydrogens (primary N) is 1. The molecule has 2 fully saturated rings. The zero-order chi connectivity index (χ0) is 18.8. The van der Waals surface area contributed by atoms with Gasteiger partial charge in [-0.05, 0) is 55.3 Å². The second-order valence-corrected chi connectivity index (χ2v) is 7.51. The highest BCUT2D eigenvalue weighted by Crippen LogP contribution is 2.31. The fourth-order valence-corrected chi connectivity index (χ4v) is 4.17. The van der Waals surface area contributed by atoms with Gasteiger partial charge in [0.25, 0.3) is 0 Å². The van der Waals surface area contributed by atoms with E-state index < -0.39 is 0 Å². The molecule has 144 valence electrons. The van der Waals surface area contributed by atoms with Crippen molar-refractivity contribution in [1.29, 1.82) is 0 Å². The number of nitrogens with zero attached hydrogens (tertiary/aromatic N) is 2. The van der Waals surface area contributed by atoms with Crippen LogP contribution < -0.4 is 15.4 Å². The van der Waals surface area contributed by atoms with Crippen LogP contribution in [0.2, 0.25) is 0 Å². The minimum absolute atomic E-state index is 0.248. The number of halogens is 2. The molecule has 27 heavy (non-hydrogen) atoms. The third-order valence-corrected chi connectivity index (χ3v) is 5.64. The zero-order valence-corrected chi connectivity index (χ0v) is 15.3. The highest BCUT2D eigenvalue weighted by atomic mass is 19.1. The molecule has 0 amide bonds. The predicted molar refractivity (Wildman–Crippen MR) is 103 cm³/mol. The normalized spacial score (nSPS) is 23.1. The molecule has 2 aliphatic rings. The summed E-state index contributed by atoms with van der Waals surface area (Å²) in [6.07, 6.45) is 2.21. The van der Waals surface area contributed by atoms with Gasteiger partial charge < -0.3 is 15.4 Å². The summed E-state index contributed by atoms with van der Waals surface area (Å²) in [7, 11) is 0. The molecule has 6 heteroatoms. The Hall–Kier alpha value is -2.34. The third kappa shape index (κ3) is 4.16. The van der Waals surface area contributed by atoms with Crippen LogP contribution in [0.25, 0.3) is 0 Å². The largest absolute Gasteiger partial charge is 0.493 e. The summed E-state index contributed by atoms with van der Waals surface area (Å²) in [6, 6.07) is 11.3. The van der Waals surface area contributed by atoms with Gasteiger partial charge in [-0.15, -0.1) is 0 Å². The molecule has 2 atom stereocenters.